The number of halogens is 1. The lowest BCUT2D eigenvalue weighted by Crippen LogP contribution is -2.79. The van der Waals surface area contributed by atoms with E-state index in [1.165, 1.54) is 0 Å². The maximum Gasteiger partial charge on any atom is 0.420 e. The zero-order valence-electron chi connectivity index (χ0n) is 15.7. The van der Waals surface area contributed by atoms with Gasteiger partial charge in [0.25, 0.3) is 0 Å². The van der Waals surface area contributed by atoms with Crippen LogP contribution in [0.25, 0.3) is 11.3 Å². The Hall–Kier alpha value is -2.05. The molecule has 1 N–H and O–H groups in total. The van der Waals surface area contributed by atoms with Crippen molar-refractivity contribution < 1.29 is 13.9 Å². The first-order valence-electron chi connectivity index (χ1n) is 9.78. The van der Waals surface area contributed by atoms with Gasteiger partial charge in [-0.3, -0.25) is 9.36 Å². The van der Waals surface area contributed by atoms with E-state index in [1.807, 2.05) is 12.1 Å². The molecule has 1 aromatic carbocycles. The highest BCUT2D eigenvalue weighted by molar-refractivity contribution is 6.30. The minimum absolute atomic E-state index is 0.0609. The molecule has 4 saturated carbocycles. The van der Waals surface area contributed by atoms with Gasteiger partial charge in [0.15, 0.2) is 5.76 Å². The predicted octanol–water partition coefficient (Wildman–Crippen LogP) is 3.32. The summed E-state index contributed by atoms with van der Waals surface area (Å²) in [4.78, 5) is 24.6. The normalized spacial score (nSPS) is 32.8. The average molecular weight is 403 g/mol. The lowest BCUT2D eigenvalue weighted by Gasteiger charge is -2.70. The number of nitrogens with one attached hydrogen (secondary N) is 1. The molecule has 4 fully saturated rings. The first kappa shape index (κ1) is 18.0. The van der Waals surface area contributed by atoms with Crippen LogP contribution < -0.4 is 11.1 Å². The number of benzene rings is 1. The molecule has 4 aliphatic rings. The molecule has 1 heterocycles. The number of hydrogen-bond acceptors (Lipinski definition) is 4. The fourth-order valence-electron chi connectivity index (χ4n) is 5.03. The van der Waals surface area contributed by atoms with Gasteiger partial charge in [-0.2, -0.15) is 0 Å². The van der Waals surface area contributed by atoms with Crippen LogP contribution in [0.4, 0.5) is 0 Å². The molecule has 6 nitrogen and oxygen atoms in total. The van der Waals surface area contributed by atoms with Gasteiger partial charge in [0.2, 0.25) is 5.91 Å². The summed E-state index contributed by atoms with van der Waals surface area (Å²) in [5.74, 6) is 0.824. The maximum atomic E-state index is 12.4. The predicted molar refractivity (Wildman–Crippen MR) is 104 cm³/mol. The van der Waals surface area contributed by atoms with Gasteiger partial charge >= 0.3 is 5.76 Å². The Balaban J connectivity index is 1.19. The van der Waals surface area contributed by atoms with Crippen LogP contribution in [0.5, 0.6) is 0 Å². The van der Waals surface area contributed by atoms with Crippen LogP contribution in [0.2, 0.25) is 5.02 Å². The highest BCUT2D eigenvalue weighted by atomic mass is 35.5. The first-order chi connectivity index (χ1) is 13.4. The summed E-state index contributed by atoms with van der Waals surface area (Å²) < 4.78 is 12.8. The van der Waals surface area contributed by atoms with Gasteiger partial charge < -0.3 is 14.5 Å². The van der Waals surface area contributed by atoms with Crippen molar-refractivity contribution in [2.75, 3.05) is 6.61 Å². The first-order valence-corrected chi connectivity index (χ1v) is 10.2. The van der Waals surface area contributed by atoms with Crippen LogP contribution >= 0.6 is 11.6 Å². The molecule has 2 bridgehead atoms. The fourth-order valence-corrected chi connectivity index (χ4v) is 5.16. The summed E-state index contributed by atoms with van der Waals surface area (Å²) in [6, 6.07) is 7.20. The molecule has 0 saturated heterocycles. The van der Waals surface area contributed by atoms with Gasteiger partial charge in [0.05, 0.1) is 17.8 Å². The molecule has 1 amide bonds. The maximum absolute atomic E-state index is 12.4. The van der Waals surface area contributed by atoms with Crippen LogP contribution in [0.15, 0.2) is 39.7 Å². The van der Waals surface area contributed by atoms with Crippen molar-refractivity contribution in [1.82, 2.24) is 9.88 Å². The third-order valence-electron chi connectivity index (χ3n) is 6.47. The SMILES string of the molecule is CC1CC(OCC(=O)NC23CC(n4cc(-c5ccc(Cl)cc5)oc4=O)(C2)C3)C1. The topological polar surface area (TPSA) is 73.5 Å². The van der Waals surface area contributed by atoms with Crippen LogP contribution in [0, 0.1) is 5.92 Å². The molecule has 148 valence electrons. The van der Waals surface area contributed by atoms with Gasteiger partial charge in [-0.25, -0.2) is 4.79 Å². The minimum Gasteiger partial charge on any atom is -0.408 e. The van der Waals surface area contributed by atoms with E-state index in [2.05, 4.69) is 12.2 Å². The van der Waals surface area contributed by atoms with E-state index in [1.54, 1.807) is 22.9 Å². The molecular weight excluding hydrogens is 380 g/mol. The molecule has 28 heavy (non-hydrogen) atoms. The number of aromatic nitrogens is 1. The standard InChI is InChI=1S/C21H23ClN2O4/c1-13-6-16(7-13)27-9-18(25)23-20-10-21(11-20,12-20)24-8-17(28-19(24)26)14-2-4-15(22)5-3-14/h2-5,8,13,16H,6-7,9-12H2,1H3,(H,23,25). The summed E-state index contributed by atoms with van der Waals surface area (Å²) in [6.07, 6.45) is 6.36. The molecule has 7 heteroatoms. The quantitative estimate of drug-likeness (QED) is 0.804. The highest BCUT2D eigenvalue weighted by Crippen LogP contribution is 2.64. The van der Waals surface area contributed by atoms with Gasteiger partial charge in [-0.1, -0.05) is 18.5 Å². The van der Waals surface area contributed by atoms with E-state index in [9.17, 15) is 9.59 Å². The van der Waals surface area contributed by atoms with Crippen molar-refractivity contribution in [3.63, 3.8) is 0 Å². The Kier molecular flexibility index (Phi) is 4.00. The van der Waals surface area contributed by atoms with Crippen LogP contribution in [-0.2, 0) is 15.1 Å². The zero-order chi connectivity index (χ0) is 19.5. The van der Waals surface area contributed by atoms with Crippen LogP contribution in [0.3, 0.4) is 0 Å². The number of ether oxygens (including phenoxy) is 1. The molecule has 0 unspecified atom stereocenters. The van der Waals surface area contributed by atoms with Gasteiger partial charge in [-0.05, 0) is 62.3 Å². The number of amides is 1. The van der Waals surface area contributed by atoms with E-state index < -0.39 is 0 Å². The van der Waals surface area contributed by atoms with Crippen molar-refractivity contribution >= 4 is 17.5 Å². The van der Waals surface area contributed by atoms with Gasteiger partial charge in [-0.15, -0.1) is 0 Å². The van der Waals surface area contributed by atoms with Crippen molar-refractivity contribution in [2.24, 2.45) is 5.92 Å². The summed E-state index contributed by atoms with van der Waals surface area (Å²) in [5.41, 5.74) is 0.394. The Morgan fingerprint density at radius 2 is 1.96 bits per heavy atom. The summed E-state index contributed by atoms with van der Waals surface area (Å²) >= 11 is 5.92. The zero-order valence-corrected chi connectivity index (χ0v) is 16.5. The molecule has 4 aliphatic carbocycles. The van der Waals surface area contributed by atoms with Crippen molar-refractivity contribution in [3.8, 4) is 11.3 Å². The molecular formula is C21H23ClN2O4. The third kappa shape index (κ3) is 2.90. The van der Waals surface area contributed by atoms with E-state index in [0.717, 1.165) is 37.7 Å². The number of oxazole rings is 1. The van der Waals surface area contributed by atoms with E-state index in [-0.39, 0.29) is 35.5 Å². The molecule has 0 aliphatic heterocycles. The van der Waals surface area contributed by atoms with Crippen molar-refractivity contribution in [2.45, 2.75) is 56.2 Å². The van der Waals surface area contributed by atoms with Crippen molar-refractivity contribution in [1.29, 1.82) is 0 Å². The minimum atomic E-state index is -0.355. The summed E-state index contributed by atoms with van der Waals surface area (Å²) in [6.45, 7) is 2.32. The number of hydrogen-bond donors (Lipinski definition) is 1. The largest absolute Gasteiger partial charge is 0.420 e. The second-order valence-electron chi connectivity index (χ2n) is 8.83. The Labute approximate surface area is 167 Å². The second-order valence-corrected chi connectivity index (χ2v) is 9.27. The number of rotatable bonds is 6. The molecule has 0 spiro atoms. The fraction of sp³-hybridized carbons (Fsp3) is 0.524. The van der Waals surface area contributed by atoms with E-state index in [0.29, 0.717) is 16.7 Å². The Morgan fingerprint density at radius 1 is 1.29 bits per heavy atom. The Morgan fingerprint density at radius 3 is 2.61 bits per heavy atom. The van der Waals surface area contributed by atoms with Crippen LogP contribution in [0.1, 0.15) is 39.0 Å². The van der Waals surface area contributed by atoms with E-state index >= 15 is 0 Å². The number of carbonyl (C=O) groups is 1. The molecule has 0 radical (unpaired) electrons. The van der Waals surface area contributed by atoms with Crippen LogP contribution in [-0.4, -0.2) is 28.7 Å². The molecule has 2 aromatic rings. The lowest BCUT2D eigenvalue weighted by molar-refractivity contribution is -0.162. The molecule has 1 aromatic heterocycles. The van der Waals surface area contributed by atoms with E-state index in [4.69, 9.17) is 20.8 Å². The second kappa shape index (κ2) is 6.22. The lowest BCUT2D eigenvalue weighted by atomic mass is 9.44. The Bertz CT molecular complexity index is 951. The van der Waals surface area contributed by atoms with Crippen molar-refractivity contribution in [3.05, 3.63) is 46.0 Å². The molecule has 6 rings (SSSR count). The average Bonchev–Trinajstić information content (AvgIpc) is 2.95. The monoisotopic (exact) mass is 402 g/mol. The number of nitrogens with zero attached hydrogens (tertiary/aromatic N) is 1. The molecule has 0 atom stereocenters. The van der Waals surface area contributed by atoms with Gasteiger partial charge in [0, 0.05) is 16.1 Å². The number of carbonyl (C=O) groups excluding carboxylic acids is 1. The third-order valence-corrected chi connectivity index (χ3v) is 6.72. The summed E-state index contributed by atoms with van der Waals surface area (Å²) in [5, 5.41) is 3.75. The smallest absolute Gasteiger partial charge is 0.408 e. The highest BCUT2D eigenvalue weighted by Gasteiger charge is 2.70. The van der Waals surface area contributed by atoms with Gasteiger partial charge in [0.1, 0.15) is 6.61 Å². The summed E-state index contributed by atoms with van der Waals surface area (Å²) in [7, 11) is 0.